The fourth-order valence-electron chi connectivity index (χ4n) is 1.79. The van der Waals surface area contributed by atoms with Crippen molar-refractivity contribution in [1.82, 2.24) is 0 Å². The summed E-state index contributed by atoms with van der Waals surface area (Å²) in [5.41, 5.74) is -0.498. The number of aliphatic hydroxyl groups is 3. The first kappa shape index (κ1) is 23.6. The molecule has 3 N–H and O–H groups in total. The molecule has 0 radical (unpaired) electrons. The first-order chi connectivity index (χ1) is 11.2. The molecule has 146 valence electrons. The summed E-state index contributed by atoms with van der Waals surface area (Å²) in [5.74, 6) is -1.83. The van der Waals surface area contributed by atoms with Crippen LogP contribution in [0.15, 0.2) is 0 Å². The normalized spacial score (nSPS) is 16.1. The standard InChI is InChI=1S/C16H33FO7/c1-15(2,4-6-18)23-8-5-16(3,17)24-11-10-22-13-14(20)12-21-9-7-19/h14,18-20H,4-13H2,1-3H3. The summed E-state index contributed by atoms with van der Waals surface area (Å²) in [5, 5.41) is 26.9. The Morgan fingerprint density at radius 1 is 0.833 bits per heavy atom. The molecule has 8 heteroatoms. The van der Waals surface area contributed by atoms with Crippen molar-refractivity contribution in [3.63, 3.8) is 0 Å². The molecular weight excluding hydrogens is 323 g/mol. The summed E-state index contributed by atoms with van der Waals surface area (Å²) in [7, 11) is 0. The van der Waals surface area contributed by atoms with Gasteiger partial charge in [-0.1, -0.05) is 0 Å². The molecule has 0 bridgehead atoms. The molecule has 2 unspecified atom stereocenters. The lowest BCUT2D eigenvalue weighted by molar-refractivity contribution is -0.164. The molecule has 0 amide bonds. The third-order valence-electron chi connectivity index (χ3n) is 3.24. The van der Waals surface area contributed by atoms with Gasteiger partial charge in [0.25, 0.3) is 0 Å². The van der Waals surface area contributed by atoms with Gasteiger partial charge in [-0.2, -0.15) is 0 Å². The fourth-order valence-corrected chi connectivity index (χ4v) is 1.79. The van der Waals surface area contributed by atoms with E-state index in [9.17, 15) is 9.50 Å². The topological polar surface area (TPSA) is 97.6 Å². The molecule has 0 aromatic carbocycles. The van der Waals surface area contributed by atoms with Crippen molar-refractivity contribution in [3.05, 3.63) is 0 Å². The Kier molecular flexibility index (Phi) is 12.7. The first-order valence-electron chi connectivity index (χ1n) is 8.24. The zero-order valence-electron chi connectivity index (χ0n) is 15.0. The van der Waals surface area contributed by atoms with Gasteiger partial charge in [0.15, 0.2) is 0 Å². The van der Waals surface area contributed by atoms with E-state index in [1.807, 2.05) is 13.8 Å². The van der Waals surface area contributed by atoms with Crippen LogP contribution >= 0.6 is 0 Å². The maximum atomic E-state index is 14.1. The highest BCUT2D eigenvalue weighted by Crippen LogP contribution is 2.20. The SMILES string of the molecule is CC(C)(CCO)OCCC(C)(F)OCCOCC(O)COCCO. The van der Waals surface area contributed by atoms with E-state index >= 15 is 0 Å². The molecule has 0 aliphatic carbocycles. The number of aliphatic hydroxyl groups excluding tert-OH is 3. The fraction of sp³-hybridized carbons (Fsp3) is 1.00. The molecule has 0 aliphatic heterocycles. The molecule has 0 spiro atoms. The quantitative estimate of drug-likeness (QED) is 0.349. The highest BCUT2D eigenvalue weighted by atomic mass is 19.2. The van der Waals surface area contributed by atoms with Gasteiger partial charge in [0.1, 0.15) is 6.10 Å². The Hall–Kier alpha value is -0.350. The molecule has 0 aromatic heterocycles. The van der Waals surface area contributed by atoms with Crippen LogP contribution in [-0.4, -0.2) is 85.7 Å². The Morgan fingerprint density at radius 2 is 1.46 bits per heavy atom. The van der Waals surface area contributed by atoms with E-state index in [0.29, 0.717) is 6.42 Å². The van der Waals surface area contributed by atoms with Gasteiger partial charge >= 0.3 is 0 Å². The van der Waals surface area contributed by atoms with Crippen LogP contribution in [0.1, 0.15) is 33.6 Å². The van der Waals surface area contributed by atoms with Crippen molar-refractivity contribution in [1.29, 1.82) is 0 Å². The smallest absolute Gasteiger partial charge is 0.208 e. The van der Waals surface area contributed by atoms with Crippen LogP contribution in [0.4, 0.5) is 4.39 Å². The van der Waals surface area contributed by atoms with Gasteiger partial charge in [-0.15, -0.1) is 0 Å². The van der Waals surface area contributed by atoms with Crippen molar-refractivity contribution >= 4 is 0 Å². The predicted octanol–water partition coefficient (Wildman–Crippen LogP) is 0.643. The van der Waals surface area contributed by atoms with Crippen molar-refractivity contribution < 1.29 is 38.7 Å². The maximum Gasteiger partial charge on any atom is 0.208 e. The molecule has 0 saturated heterocycles. The second-order valence-corrected chi connectivity index (χ2v) is 6.31. The molecule has 0 heterocycles. The highest BCUT2D eigenvalue weighted by molar-refractivity contribution is 4.69. The number of hydrogen-bond acceptors (Lipinski definition) is 7. The number of rotatable bonds is 16. The first-order valence-corrected chi connectivity index (χ1v) is 8.24. The zero-order valence-corrected chi connectivity index (χ0v) is 15.0. The summed E-state index contributed by atoms with van der Waals surface area (Å²) in [6.45, 7) is 5.59. The summed E-state index contributed by atoms with van der Waals surface area (Å²) in [4.78, 5) is 0. The third-order valence-corrected chi connectivity index (χ3v) is 3.24. The summed E-state index contributed by atoms with van der Waals surface area (Å²) in [6, 6.07) is 0. The van der Waals surface area contributed by atoms with Crippen LogP contribution < -0.4 is 0 Å². The van der Waals surface area contributed by atoms with Gasteiger partial charge in [-0.05, 0) is 27.2 Å². The van der Waals surface area contributed by atoms with Gasteiger partial charge in [0, 0.05) is 13.0 Å². The predicted molar refractivity (Wildman–Crippen MR) is 86.5 cm³/mol. The van der Waals surface area contributed by atoms with Gasteiger partial charge in [0.05, 0.1) is 51.8 Å². The molecule has 0 rings (SSSR count). The van der Waals surface area contributed by atoms with E-state index in [-0.39, 0.29) is 59.3 Å². The second-order valence-electron chi connectivity index (χ2n) is 6.31. The molecule has 24 heavy (non-hydrogen) atoms. The minimum absolute atomic E-state index is 0.0185. The van der Waals surface area contributed by atoms with Gasteiger partial charge < -0.3 is 34.3 Å². The molecule has 2 atom stereocenters. The number of alkyl halides is 1. The van der Waals surface area contributed by atoms with Crippen LogP contribution in [0.2, 0.25) is 0 Å². The van der Waals surface area contributed by atoms with E-state index in [2.05, 4.69) is 0 Å². The van der Waals surface area contributed by atoms with Crippen LogP contribution in [0, 0.1) is 0 Å². The number of hydrogen-bond donors (Lipinski definition) is 3. The van der Waals surface area contributed by atoms with Gasteiger partial charge in [0.2, 0.25) is 5.85 Å². The summed E-state index contributed by atoms with van der Waals surface area (Å²) in [6.07, 6.45) is -0.246. The monoisotopic (exact) mass is 356 g/mol. The lowest BCUT2D eigenvalue weighted by Crippen LogP contribution is -2.31. The van der Waals surface area contributed by atoms with Crippen molar-refractivity contribution in [3.8, 4) is 0 Å². The number of ether oxygens (including phenoxy) is 4. The van der Waals surface area contributed by atoms with E-state index in [4.69, 9.17) is 29.2 Å². The minimum Gasteiger partial charge on any atom is -0.396 e. The van der Waals surface area contributed by atoms with Crippen LogP contribution in [-0.2, 0) is 18.9 Å². The van der Waals surface area contributed by atoms with Gasteiger partial charge in [-0.25, -0.2) is 4.39 Å². The van der Waals surface area contributed by atoms with Crippen LogP contribution in [0.25, 0.3) is 0 Å². The average Bonchev–Trinajstić information content (AvgIpc) is 2.46. The largest absolute Gasteiger partial charge is 0.396 e. The van der Waals surface area contributed by atoms with E-state index in [1.165, 1.54) is 6.92 Å². The van der Waals surface area contributed by atoms with E-state index in [1.54, 1.807) is 0 Å². The van der Waals surface area contributed by atoms with Crippen molar-refractivity contribution in [2.45, 2.75) is 51.2 Å². The second kappa shape index (κ2) is 12.9. The molecule has 7 nitrogen and oxygen atoms in total. The Balaban J connectivity index is 3.70. The van der Waals surface area contributed by atoms with E-state index in [0.717, 1.165) is 0 Å². The lowest BCUT2D eigenvalue weighted by Gasteiger charge is -2.27. The van der Waals surface area contributed by atoms with Gasteiger partial charge in [-0.3, -0.25) is 0 Å². The molecule has 0 saturated carbocycles. The zero-order chi connectivity index (χ0) is 18.5. The minimum atomic E-state index is -1.83. The maximum absolute atomic E-state index is 14.1. The lowest BCUT2D eigenvalue weighted by atomic mass is 10.1. The van der Waals surface area contributed by atoms with Crippen molar-refractivity contribution in [2.24, 2.45) is 0 Å². The number of halogens is 1. The Morgan fingerprint density at radius 3 is 2.04 bits per heavy atom. The van der Waals surface area contributed by atoms with Crippen molar-refractivity contribution in [2.75, 3.05) is 52.9 Å². The molecule has 0 aromatic rings. The molecule has 0 fully saturated rings. The highest BCUT2D eigenvalue weighted by Gasteiger charge is 2.26. The Bertz CT molecular complexity index is 300. The van der Waals surface area contributed by atoms with Crippen LogP contribution in [0.3, 0.4) is 0 Å². The van der Waals surface area contributed by atoms with E-state index < -0.39 is 17.6 Å². The summed E-state index contributed by atoms with van der Waals surface area (Å²) >= 11 is 0. The summed E-state index contributed by atoms with van der Waals surface area (Å²) < 4.78 is 34.9. The molecule has 0 aliphatic rings. The van der Waals surface area contributed by atoms with Crippen LogP contribution in [0.5, 0.6) is 0 Å². The third kappa shape index (κ3) is 14.0. The Labute approximate surface area is 143 Å². The average molecular weight is 356 g/mol. The molecular formula is C16H33FO7.